The minimum absolute atomic E-state index is 0.156. The summed E-state index contributed by atoms with van der Waals surface area (Å²) in [6.07, 6.45) is 0. The fraction of sp³-hybridized carbons (Fsp3) is 0.312. The molecule has 0 fully saturated rings. The van der Waals surface area contributed by atoms with Crippen LogP contribution in [-0.4, -0.2) is 9.55 Å². The molecule has 3 rings (SSSR count). The number of benzene rings is 1. The van der Waals surface area contributed by atoms with Crippen molar-refractivity contribution in [1.29, 1.82) is 0 Å². The van der Waals surface area contributed by atoms with Crippen LogP contribution in [0, 0.1) is 13.8 Å². The van der Waals surface area contributed by atoms with Crippen molar-refractivity contribution in [3.05, 3.63) is 47.4 Å². The van der Waals surface area contributed by atoms with Gasteiger partial charge >= 0.3 is 0 Å². The molecule has 20 heavy (non-hydrogen) atoms. The van der Waals surface area contributed by atoms with Gasteiger partial charge in [0.05, 0.1) is 17.1 Å². The van der Waals surface area contributed by atoms with Gasteiger partial charge in [-0.25, -0.2) is 4.98 Å². The fourth-order valence-electron chi connectivity index (χ4n) is 2.63. The molecule has 4 nitrogen and oxygen atoms in total. The zero-order valence-electron chi connectivity index (χ0n) is 12.3. The Morgan fingerprint density at radius 2 is 2.00 bits per heavy atom. The van der Waals surface area contributed by atoms with Crippen molar-refractivity contribution in [2.24, 2.45) is 7.05 Å². The van der Waals surface area contributed by atoms with Crippen molar-refractivity contribution in [2.75, 3.05) is 5.32 Å². The molecule has 104 valence electrons. The number of rotatable bonds is 3. The Hall–Kier alpha value is -2.23. The summed E-state index contributed by atoms with van der Waals surface area (Å²) in [4.78, 5) is 4.64. The quantitative estimate of drug-likeness (QED) is 0.782. The van der Waals surface area contributed by atoms with Crippen molar-refractivity contribution in [3.8, 4) is 0 Å². The van der Waals surface area contributed by atoms with E-state index in [1.165, 1.54) is 5.56 Å². The van der Waals surface area contributed by atoms with E-state index in [1.807, 2.05) is 39.1 Å². The van der Waals surface area contributed by atoms with Crippen molar-refractivity contribution in [2.45, 2.75) is 26.8 Å². The van der Waals surface area contributed by atoms with E-state index in [2.05, 4.69) is 33.9 Å². The van der Waals surface area contributed by atoms with Gasteiger partial charge in [-0.1, -0.05) is 12.1 Å². The van der Waals surface area contributed by atoms with Crippen LogP contribution >= 0.6 is 0 Å². The summed E-state index contributed by atoms with van der Waals surface area (Å²) in [6.45, 7) is 6.09. The van der Waals surface area contributed by atoms with Crippen LogP contribution in [-0.2, 0) is 7.05 Å². The highest BCUT2D eigenvalue weighted by Crippen LogP contribution is 2.26. The fourth-order valence-corrected chi connectivity index (χ4v) is 2.63. The molecule has 2 aromatic heterocycles. The molecule has 4 heteroatoms. The van der Waals surface area contributed by atoms with Crippen LogP contribution in [0.4, 0.5) is 5.95 Å². The van der Waals surface area contributed by atoms with Gasteiger partial charge in [0.2, 0.25) is 5.95 Å². The van der Waals surface area contributed by atoms with E-state index in [-0.39, 0.29) is 6.04 Å². The van der Waals surface area contributed by atoms with Crippen molar-refractivity contribution in [1.82, 2.24) is 9.55 Å². The summed E-state index contributed by atoms with van der Waals surface area (Å²) in [5.74, 6) is 2.77. The smallest absolute Gasteiger partial charge is 0.204 e. The zero-order chi connectivity index (χ0) is 14.3. The second-order valence-electron chi connectivity index (χ2n) is 5.22. The van der Waals surface area contributed by atoms with E-state index in [0.717, 1.165) is 28.5 Å². The average Bonchev–Trinajstić information content (AvgIpc) is 2.91. The first-order valence-corrected chi connectivity index (χ1v) is 6.81. The molecule has 0 bridgehead atoms. The summed E-state index contributed by atoms with van der Waals surface area (Å²) in [5, 5.41) is 3.46. The standard InChI is InChI=1S/C16H19N3O/c1-10-9-13(12(3)20-10)11(2)17-16-18-14-7-5-6-8-15(14)19(16)4/h5-9,11H,1-4H3,(H,17,18). The zero-order valence-corrected chi connectivity index (χ0v) is 12.3. The van der Waals surface area contributed by atoms with Crippen LogP contribution in [0.15, 0.2) is 34.7 Å². The number of nitrogens with zero attached hydrogens (tertiary/aromatic N) is 2. The maximum Gasteiger partial charge on any atom is 0.204 e. The SMILES string of the molecule is Cc1cc(C(C)Nc2nc3ccccc3n2C)c(C)o1. The third kappa shape index (κ3) is 2.07. The van der Waals surface area contributed by atoms with Crippen LogP contribution < -0.4 is 5.32 Å². The Morgan fingerprint density at radius 1 is 1.25 bits per heavy atom. The van der Waals surface area contributed by atoms with Crippen LogP contribution in [0.5, 0.6) is 0 Å². The monoisotopic (exact) mass is 269 g/mol. The molecule has 0 amide bonds. The maximum absolute atomic E-state index is 5.60. The van der Waals surface area contributed by atoms with Crippen molar-refractivity contribution >= 4 is 17.0 Å². The first kappa shape index (κ1) is 12.8. The van der Waals surface area contributed by atoms with Gasteiger partial charge in [0.1, 0.15) is 11.5 Å². The first-order valence-electron chi connectivity index (χ1n) is 6.81. The topological polar surface area (TPSA) is 43.0 Å². The number of furan rings is 1. The van der Waals surface area contributed by atoms with Crippen molar-refractivity contribution in [3.63, 3.8) is 0 Å². The number of para-hydroxylation sites is 2. The molecule has 2 heterocycles. The number of hydrogen-bond acceptors (Lipinski definition) is 3. The molecule has 0 aliphatic heterocycles. The number of anilines is 1. The van der Waals surface area contributed by atoms with E-state index in [0.29, 0.717) is 0 Å². The van der Waals surface area contributed by atoms with Gasteiger partial charge < -0.3 is 14.3 Å². The minimum Gasteiger partial charge on any atom is -0.466 e. The minimum atomic E-state index is 0.156. The second kappa shape index (κ2) is 4.71. The maximum atomic E-state index is 5.60. The molecule has 1 atom stereocenters. The largest absolute Gasteiger partial charge is 0.466 e. The highest BCUT2D eigenvalue weighted by molar-refractivity contribution is 5.78. The summed E-state index contributed by atoms with van der Waals surface area (Å²) < 4.78 is 7.67. The lowest BCUT2D eigenvalue weighted by molar-refractivity contribution is 0.499. The number of aromatic nitrogens is 2. The number of aryl methyl sites for hydroxylation is 3. The molecule has 0 radical (unpaired) electrons. The van der Waals surface area contributed by atoms with Gasteiger partial charge in [-0.2, -0.15) is 0 Å². The third-order valence-corrected chi connectivity index (χ3v) is 3.68. The Morgan fingerprint density at radius 3 is 2.65 bits per heavy atom. The Balaban J connectivity index is 1.93. The second-order valence-corrected chi connectivity index (χ2v) is 5.22. The van der Waals surface area contributed by atoms with Crippen LogP contribution in [0.3, 0.4) is 0 Å². The van der Waals surface area contributed by atoms with E-state index in [4.69, 9.17) is 4.42 Å². The molecule has 1 aromatic carbocycles. The molecule has 0 saturated carbocycles. The lowest BCUT2D eigenvalue weighted by atomic mass is 10.1. The predicted octanol–water partition coefficient (Wildman–Crippen LogP) is 3.96. The van der Waals surface area contributed by atoms with Crippen molar-refractivity contribution < 1.29 is 4.42 Å². The van der Waals surface area contributed by atoms with Gasteiger partial charge in [0.25, 0.3) is 0 Å². The van der Waals surface area contributed by atoms with Crippen LogP contribution in [0.1, 0.15) is 30.0 Å². The van der Waals surface area contributed by atoms with Gasteiger partial charge in [-0.3, -0.25) is 0 Å². The predicted molar refractivity (Wildman–Crippen MR) is 80.9 cm³/mol. The van der Waals surface area contributed by atoms with E-state index < -0.39 is 0 Å². The first-order chi connectivity index (χ1) is 9.56. The summed E-state index contributed by atoms with van der Waals surface area (Å²) >= 11 is 0. The van der Waals surface area contributed by atoms with Gasteiger partial charge in [-0.15, -0.1) is 0 Å². The summed E-state index contributed by atoms with van der Waals surface area (Å²) in [5.41, 5.74) is 3.31. The van der Waals surface area contributed by atoms with Gasteiger partial charge in [0.15, 0.2) is 0 Å². The highest BCUT2D eigenvalue weighted by Gasteiger charge is 2.15. The molecule has 0 aliphatic carbocycles. The molecular weight excluding hydrogens is 250 g/mol. The number of fused-ring (bicyclic) bond motifs is 1. The number of hydrogen-bond donors (Lipinski definition) is 1. The van der Waals surface area contributed by atoms with Crippen LogP contribution in [0.25, 0.3) is 11.0 Å². The lowest BCUT2D eigenvalue weighted by Crippen LogP contribution is -2.10. The molecule has 1 unspecified atom stereocenters. The van der Waals surface area contributed by atoms with Gasteiger partial charge in [-0.05, 0) is 39.0 Å². The van der Waals surface area contributed by atoms with E-state index in [9.17, 15) is 0 Å². The Kier molecular flexibility index (Phi) is 3.01. The molecule has 3 aromatic rings. The van der Waals surface area contributed by atoms with E-state index >= 15 is 0 Å². The molecule has 0 aliphatic rings. The van der Waals surface area contributed by atoms with Crippen LogP contribution in [0.2, 0.25) is 0 Å². The Labute approximate surface area is 118 Å². The molecular formula is C16H19N3O. The molecule has 0 spiro atoms. The lowest BCUT2D eigenvalue weighted by Gasteiger charge is -2.14. The Bertz CT molecular complexity index is 754. The summed E-state index contributed by atoms with van der Waals surface area (Å²) in [7, 11) is 2.03. The highest BCUT2D eigenvalue weighted by atomic mass is 16.3. The average molecular weight is 269 g/mol. The third-order valence-electron chi connectivity index (χ3n) is 3.68. The molecule has 0 saturated heterocycles. The number of nitrogens with one attached hydrogen (secondary N) is 1. The van der Waals surface area contributed by atoms with Gasteiger partial charge in [0, 0.05) is 12.6 Å². The summed E-state index contributed by atoms with van der Waals surface area (Å²) in [6, 6.07) is 10.4. The number of imidazole rings is 1. The molecule has 1 N–H and O–H groups in total. The normalized spacial score (nSPS) is 12.8. The van der Waals surface area contributed by atoms with E-state index in [1.54, 1.807) is 0 Å².